The number of aliphatic imine (C=N–C) groups is 1. The van der Waals surface area contributed by atoms with Crippen LogP contribution in [0, 0.1) is 0 Å². The summed E-state index contributed by atoms with van der Waals surface area (Å²) in [6.07, 6.45) is 1.85. The zero-order valence-electron chi connectivity index (χ0n) is 15.6. The van der Waals surface area contributed by atoms with Gasteiger partial charge in [0.2, 0.25) is 0 Å². The minimum atomic E-state index is 0.668. The van der Waals surface area contributed by atoms with Gasteiger partial charge in [0.1, 0.15) is 11.6 Å². The van der Waals surface area contributed by atoms with Crippen molar-refractivity contribution in [2.24, 2.45) is 4.99 Å². The standard InChI is InChI=1S/C20H27N5O/c1-3-26-18-9-5-4-8-17(18)16-23-20(21-2)25-14-12-24(13-15-25)19-10-6-7-11-22-19/h4-11H,3,12-16H2,1-2H3,(H,21,23). The molecular weight excluding hydrogens is 326 g/mol. The Labute approximate surface area is 155 Å². The summed E-state index contributed by atoms with van der Waals surface area (Å²) < 4.78 is 5.70. The van der Waals surface area contributed by atoms with Gasteiger partial charge in [-0.3, -0.25) is 4.99 Å². The first kappa shape index (κ1) is 18.0. The van der Waals surface area contributed by atoms with E-state index in [1.165, 1.54) is 0 Å². The van der Waals surface area contributed by atoms with Gasteiger partial charge < -0.3 is 19.9 Å². The van der Waals surface area contributed by atoms with Gasteiger partial charge in [0.15, 0.2) is 5.96 Å². The van der Waals surface area contributed by atoms with Crippen molar-refractivity contribution in [3.63, 3.8) is 0 Å². The van der Waals surface area contributed by atoms with E-state index in [0.717, 1.165) is 49.3 Å². The lowest BCUT2D eigenvalue weighted by Gasteiger charge is -2.37. The minimum Gasteiger partial charge on any atom is -0.494 e. The summed E-state index contributed by atoms with van der Waals surface area (Å²) in [6.45, 7) is 7.09. The highest BCUT2D eigenvalue weighted by molar-refractivity contribution is 5.80. The number of hydrogen-bond donors (Lipinski definition) is 1. The molecule has 0 unspecified atom stereocenters. The van der Waals surface area contributed by atoms with E-state index in [-0.39, 0.29) is 0 Å². The fourth-order valence-electron chi connectivity index (χ4n) is 3.14. The molecule has 0 radical (unpaired) electrons. The predicted octanol–water partition coefficient (Wildman–Crippen LogP) is 2.38. The molecule has 6 nitrogen and oxygen atoms in total. The number of nitrogens with one attached hydrogen (secondary N) is 1. The number of anilines is 1. The van der Waals surface area contributed by atoms with Gasteiger partial charge in [-0.2, -0.15) is 0 Å². The summed E-state index contributed by atoms with van der Waals surface area (Å²) in [6, 6.07) is 14.2. The molecular formula is C20H27N5O. The summed E-state index contributed by atoms with van der Waals surface area (Å²) in [5, 5.41) is 3.47. The zero-order valence-corrected chi connectivity index (χ0v) is 15.6. The summed E-state index contributed by atoms with van der Waals surface area (Å²) in [5.74, 6) is 2.90. The van der Waals surface area contributed by atoms with Crippen LogP contribution >= 0.6 is 0 Å². The van der Waals surface area contributed by atoms with Gasteiger partial charge in [-0.05, 0) is 25.1 Å². The third-order valence-electron chi connectivity index (χ3n) is 4.47. The van der Waals surface area contributed by atoms with Gasteiger partial charge in [0, 0.05) is 51.5 Å². The Hall–Kier alpha value is -2.76. The lowest BCUT2D eigenvalue weighted by Crippen LogP contribution is -2.52. The monoisotopic (exact) mass is 353 g/mol. The number of nitrogens with zero attached hydrogens (tertiary/aromatic N) is 4. The summed E-state index contributed by atoms with van der Waals surface area (Å²) in [4.78, 5) is 13.5. The van der Waals surface area contributed by atoms with E-state index < -0.39 is 0 Å². The molecule has 1 aliphatic heterocycles. The number of para-hydroxylation sites is 1. The summed E-state index contributed by atoms with van der Waals surface area (Å²) >= 11 is 0. The van der Waals surface area contributed by atoms with Crippen molar-refractivity contribution in [3.05, 3.63) is 54.2 Å². The van der Waals surface area contributed by atoms with Crippen LogP contribution in [0.2, 0.25) is 0 Å². The molecule has 3 rings (SSSR count). The highest BCUT2D eigenvalue weighted by Gasteiger charge is 2.20. The molecule has 1 saturated heterocycles. The fourth-order valence-corrected chi connectivity index (χ4v) is 3.14. The van der Waals surface area contributed by atoms with Crippen LogP contribution in [0.1, 0.15) is 12.5 Å². The molecule has 138 valence electrons. The van der Waals surface area contributed by atoms with Gasteiger partial charge in [-0.1, -0.05) is 24.3 Å². The van der Waals surface area contributed by atoms with Crippen molar-refractivity contribution in [1.29, 1.82) is 0 Å². The van der Waals surface area contributed by atoms with Gasteiger partial charge in [0.05, 0.1) is 6.61 Å². The molecule has 0 saturated carbocycles. The van der Waals surface area contributed by atoms with Crippen LogP contribution in [0.5, 0.6) is 5.75 Å². The number of aromatic nitrogens is 1. The molecule has 26 heavy (non-hydrogen) atoms. The van der Waals surface area contributed by atoms with E-state index in [1.54, 1.807) is 0 Å². The Morgan fingerprint density at radius 3 is 2.58 bits per heavy atom. The molecule has 1 N–H and O–H groups in total. The minimum absolute atomic E-state index is 0.668. The van der Waals surface area contributed by atoms with E-state index >= 15 is 0 Å². The molecule has 6 heteroatoms. The van der Waals surface area contributed by atoms with Gasteiger partial charge in [-0.15, -0.1) is 0 Å². The highest BCUT2D eigenvalue weighted by Crippen LogP contribution is 2.18. The largest absolute Gasteiger partial charge is 0.494 e. The van der Waals surface area contributed by atoms with Crippen molar-refractivity contribution >= 4 is 11.8 Å². The molecule has 2 heterocycles. The number of ether oxygens (including phenoxy) is 1. The molecule has 0 amide bonds. The van der Waals surface area contributed by atoms with E-state index in [9.17, 15) is 0 Å². The van der Waals surface area contributed by atoms with Gasteiger partial charge in [-0.25, -0.2) is 4.98 Å². The van der Waals surface area contributed by atoms with E-state index in [4.69, 9.17) is 4.74 Å². The number of hydrogen-bond acceptors (Lipinski definition) is 4. The Morgan fingerprint density at radius 2 is 1.88 bits per heavy atom. The maximum Gasteiger partial charge on any atom is 0.194 e. The van der Waals surface area contributed by atoms with Crippen molar-refractivity contribution in [1.82, 2.24) is 15.2 Å². The Kier molecular flexibility index (Phi) is 6.30. The Bertz CT molecular complexity index is 711. The number of guanidine groups is 1. The molecule has 0 aliphatic carbocycles. The first-order chi connectivity index (χ1) is 12.8. The topological polar surface area (TPSA) is 53.0 Å². The van der Waals surface area contributed by atoms with E-state index in [2.05, 4.69) is 37.2 Å². The third-order valence-corrected chi connectivity index (χ3v) is 4.47. The number of pyridine rings is 1. The second kappa shape index (κ2) is 9.08. The molecule has 1 aliphatic rings. The highest BCUT2D eigenvalue weighted by atomic mass is 16.5. The fraction of sp³-hybridized carbons (Fsp3) is 0.400. The number of piperazine rings is 1. The Balaban J connectivity index is 1.56. The maximum atomic E-state index is 5.70. The molecule has 1 fully saturated rings. The smallest absolute Gasteiger partial charge is 0.194 e. The van der Waals surface area contributed by atoms with Crippen molar-refractivity contribution in [2.75, 3.05) is 44.7 Å². The van der Waals surface area contributed by atoms with Crippen LogP contribution in [0.25, 0.3) is 0 Å². The third kappa shape index (κ3) is 4.45. The van der Waals surface area contributed by atoms with Crippen LogP contribution < -0.4 is 15.0 Å². The van der Waals surface area contributed by atoms with E-state index in [1.807, 2.05) is 50.5 Å². The quantitative estimate of drug-likeness (QED) is 0.661. The Morgan fingerprint density at radius 1 is 1.12 bits per heavy atom. The zero-order chi connectivity index (χ0) is 18.2. The SMILES string of the molecule is CCOc1ccccc1CNC(=NC)N1CCN(c2ccccn2)CC1. The van der Waals surface area contributed by atoms with Crippen LogP contribution in [-0.2, 0) is 6.54 Å². The van der Waals surface area contributed by atoms with Crippen LogP contribution in [0.15, 0.2) is 53.7 Å². The lowest BCUT2D eigenvalue weighted by molar-refractivity contribution is 0.335. The lowest BCUT2D eigenvalue weighted by atomic mass is 10.2. The molecule has 2 aromatic rings. The first-order valence-corrected chi connectivity index (χ1v) is 9.14. The van der Waals surface area contributed by atoms with Crippen LogP contribution in [0.3, 0.4) is 0 Å². The van der Waals surface area contributed by atoms with Crippen molar-refractivity contribution in [2.45, 2.75) is 13.5 Å². The average molecular weight is 353 g/mol. The molecule has 0 bridgehead atoms. The van der Waals surface area contributed by atoms with Gasteiger partial charge in [0.25, 0.3) is 0 Å². The second-order valence-corrected chi connectivity index (χ2v) is 6.10. The average Bonchev–Trinajstić information content (AvgIpc) is 2.71. The summed E-state index contributed by atoms with van der Waals surface area (Å²) in [5.41, 5.74) is 1.14. The predicted molar refractivity (Wildman–Crippen MR) is 106 cm³/mol. The normalized spacial score (nSPS) is 15.1. The second-order valence-electron chi connectivity index (χ2n) is 6.10. The van der Waals surface area contributed by atoms with Gasteiger partial charge >= 0.3 is 0 Å². The maximum absolute atomic E-state index is 5.70. The molecule has 0 spiro atoms. The summed E-state index contributed by atoms with van der Waals surface area (Å²) in [7, 11) is 1.84. The van der Waals surface area contributed by atoms with Crippen LogP contribution in [0.4, 0.5) is 5.82 Å². The molecule has 0 atom stereocenters. The molecule has 1 aromatic heterocycles. The number of benzene rings is 1. The molecule has 1 aromatic carbocycles. The van der Waals surface area contributed by atoms with Crippen molar-refractivity contribution in [3.8, 4) is 5.75 Å². The van der Waals surface area contributed by atoms with Crippen LogP contribution in [-0.4, -0.2) is 55.7 Å². The number of rotatable bonds is 5. The van der Waals surface area contributed by atoms with Crippen molar-refractivity contribution < 1.29 is 4.74 Å². The first-order valence-electron chi connectivity index (χ1n) is 9.14. The van der Waals surface area contributed by atoms with E-state index in [0.29, 0.717) is 13.2 Å².